The molecule has 0 aliphatic carbocycles. The van der Waals surface area contributed by atoms with Gasteiger partial charge in [-0.2, -0.15) is 0 Å². The Hall–Kier alpha value is -1.61. The van der Waals surface area contributed by atoms with Gasteiger partial charge in [-0.05, 0) is 12.5 Å². The van der Waals surface area contributed by atoms with Gasteiger partial charge in [0.05, 0.1) is 11.9 Å². The number of hydrogen-bond acceptors (Lipinski definition) is 2. The fourth-order valence-electron chi connectivity index (χ4n) is 1.45. The zero-order valence-corrected chi connectivity index (χ0v) is 7.99. The number of rotatable bonds is 2. The number of nitrogens with one attached hydrogen (secondary N) is 1. The minimum Gasteiger partial charge on any atom is -0.388 e. The Bertz CT molecular complexity index is 434. The highest BCUT2D eigenvalue weighted by Crippen LogP contribution is 2.20. The predicted octanol–water partition coefficient (Wildman–Crippen LogP) is 1.88. The van der Waals surface area contributed by atoms with E-state index in [1.807, 2.05) is 18.2 Å². The summed E-state index contributed by atoms with van der Waals surface area (Å²) in [4.78, 5) is 7.11. The topological polar surface area (TPSA) is 48.9 Å². The molecular weight excluding hydrogens is 176 g/mol. The molecule has 0 saturated carbocycles. The van der Waals surface area contributed by atoms with Gasteiger partial charge < -0.3 is 10.1 Å². The number of imidazole rings is 1. The number of aromatic nitrogens is 2. The van der Waals surface area contributed by atoms with Gasteiger partial charge in [0.2, 0.25) is 0 Å². The molecule has 2 aromatic rings. The first-order valence-electron chi connectivity index (χ1n) is 4.52. The molecule has 72 valence electrons. The van der Waals surface area contributed by atoms with Crippen molar-refractivity contribution in [3.8, 4) is 11.3 Å². The van der Waals surface area contributed by atoms with Crippen molar-refractivity contribution in [3.63, 3.8) is 0 Å². The molecule has 1 aromatic carbocycles. The number of nitrogens with zero attached hydrogens (tertiary/aromatic N) is 1. The first-order chi connectivity index (χ1) is 6.81. The van der Waals surface area contributed by atoms with Crippen LogP contribution in [0.4, 0.5) is 0 Å². The van der Waals surface area contributed by atoms with Gasteiger partial charge in [0.15, 0.2) is 0 Å². The van der Waals surface area contributed by atoms with E-state index in [0.29, 0.717) is 5.82 Å². The second kappa shape index (κ2) is 3.64. The van der Waals surface area contributed by atoms with Crippen LogP contribution in [0.25, 0.3) is 11.3 Å². The molecule has 3 heteroatoms. The third-order valence-electron chi connectivity index (χ3n) is 2.21. The summed E-state index contributed by atoms with van der Waals surface area (Å²) in [5.74, 6) is 0.600. The van der Waals surface area contributed by atoms with E-state index >= 15 is 0 Å². The molecule has 2 rings (SSSR count). The van der Waals surface area contributed by atoms with Gasteiger partial charge in [-0.25, -0.2) is 4.98 Å². The maximum absolute atomic E-state index is 8.87. The van der Waals surface area contributed by atoms with E-state index in [-0.39, 0.29) is 6.61 Å². The Kier molecular flexibility index (Phi) is 2.33. The number of aliphatic hydroxyl groups is 1. The van der Waals surface area contributed by atoms with Crippen LogP contribution in [0.1, 0.15) is 11.4 Å². The minimum absolute atomic E-state index is 0.0497. The first kappa shape index (κ1) is 8.97. The molecule has 0 saturated heterocycles. The Morgan fingerprint density at radius 3 is 2.79 bits per heavy atom. The minimum atomic E-state index is -0.0497. The molecule has 0 spiro atoms. The van der Waals surface area contributed by atoms with Crippen LogP contribution in [0.15, 0.2) is 30.5 Å². The van der Waals surface area contributed by atoms with Crippen molar-refractivity contribution < 1.29 is 5.11 Å². The Morgan fingerprint density at radius 1 is 1.36 bits per heavy atom. The van der Waals surface area contributed by atoms with Crippen LogP contribution in [0.5, 0.6) is 0 Å². The van der Waals surface area contributed by atoms with Crippen LogP contribution in [-0.4, -0.2) is 15.1 Å². The summed E-state index contributed by atoms with van der Waals surface area (Å²) in [6, 6.07) is 8.07. The molecule has 1 heterocycles. The van der Waals surface area contributed by atoms with E-state index in [2.05, 4.69) is 23.0 Å². The maximum Gasteiger partial charge on any atom is 0.132 e. The summed E-state index contributed by atoms with van der Waals surface area (Å²) in [5.41, 5.74) is 3.27. The molecule has 0 fully saturated rings. The largest absolute Gasteiger partial charge is 0.388 e. The van der Waals surface area contributed by atoms with Crippen molar-refractivity contribution >= 4 is 0 Å². The van der Waals surface area contributed by atoms with Gasteiger partial charge in [0, 0.05) is 5.56 Å². The third kappa shape index (κ3) is 1.54. The van der Waals surface area contributed by atoms with E-state index in [9.17, 15) is 0 Å². The molecule has 0 aliphatic rings. The summed E-state index contributed by atoms with van der Waals surface area (Å²) in [6.45, 7) is 2.00. The van der Waals surface area contributed by atoms with Crippen molar-refractivity contribution in [1.82, 2.24) is 9.97 Å². The number of benzene rings is 1. The van der Waals surface area contributed by atoms with Gasteiger partial charge in [-0.3, -0.25) is 0 Å². The van der Waals surface area contributed by atoms with Crippen LogP contribution in [0.2, 0.25) is 0 Å². The standard InChI is InChI=1S/C11H12N2O/c1-8-4-2-3-5-9(8)10-6-12-11(7-14)13-10/h2-6,14H,7H2,1H3,(H,12,13). The van der Waals surface area contributed by atoms with Gasteiger partial charge in [-0.15, -0.1) is 0 Å². The lowest BCUT2D eigenvalue weighted by Gasteiger charge is -2.01. The highest BCUT2D eigenvalue weighted by atomic mass is 16.3. The molecular formula is C11H12N2O. The first-order valence-corrected chi connectivity index (χ1v) is 4.52. The fraction of sp³-hybridized carbons (Fsp3) is 0.182. The van der Waals surface area contributed by atoms with E-state index in [1.54, 1.807) is 6.20 Å². The number of aliphatic hydroxyl groups excluding tert-OH is 1. The van der Waals surface area contributed by atoms with E-state index in [0.717, 1.165) is 11.3 Å². The van der Waals surface area contributed by atoms with Crippen LogP contribution < -0.4 is 0 Å². The highest BCUT2D eigenvalue weighted by Gasteiger charge is 2.03. The quantitative estimate of drug-likeness (QED) is 0.756. The summed E-state index contributed by atoms with van der Waals surface area (Å²) < 4.78 is 0. The maximum atomic E-state index is 8.87. The average molecular weight is 188 g/mol. The number of hydrogen-bond donors (Lipinski definition) is 2. The van der Waals surface area contributed by atoms with E-state index in [4.69, 9.17) is 5.11 Å². The second-order valence-electron chi connectivity index (χ2n) is 3.22. The lowest BCUT2D eigenvalue weighted by molar-refractivity contribution is 0.272. The van der Waals surface area contributed by atoms with Crippen LogP contribution >= 0.6 is 0 Å². The van der Waals surface area contributed by atoms with Crippen LogP contribution in [0, 0.1) is 6.92 Å². The molecule has 0 unspecified atom stereocenters. The van der Waals surface area contributed by atoms with Crippen molar-refractivity contribution in [2.75, 3.05) is 0 Å². The Labute approximate surface area is 82.4 Å². The van der Waals surface area contributed by atoms with Gasteiger partial charge >= 0.3 is 0 Å². The zero-order valence-electron chi connectivity index (χ0n) is 7.99. The third-order valence-corrected chi connectivity index (χ3v) is 2.21. The number of H-pyrrole nitrogens is 1. The normalized spacial score (nSPS) is 10.4. The second-order valence-corrected chi connectivity index (χ2v) is 3.22. The van der Waals surface area contributed by atoms with Crippen molar-refractivity contribution in [2.45, 2.75) is 13.5 Å². The summed E-state index contributed by atoms with van der Waals surface area (Å²) in [5, 5.41) is 8.87. The molecule has 0 radical (unpaired) electrons. The van der Waals surface area contributed by atoms with Gasteiger partial charge in [-0.1, -0.05) is 24.3 Å². The molecule has 0 atom stereocenters. The van der Waals surface area contributed by atoms with Crippen LogP contribution in [0.3, 0.4) is 0 Å². The van der Waals surface area contributed by atoms with Crippen molar-refractivity contribution in [3.05, 3.63) is 41.9 Å². The van der Waals surface area contributed by atoms with Crippen molar-refractivity contribution in [2.24, 2.45) is 0 Å². The zero-order chi connectivity index (χ0) is 9.97. The molecule has 14 heavy (non-hydrogen) atoms. The molecule has 2 N–H and O–H groups in total. The summed E-state index contributed by atoms with van der Waals surface area (Å²) >= 11 is 0. The summed E-state index contributed by atoms with van der Waals surface area (Å²) in [6.07, 6.45) is 1.74. The SMILES string of the molecule is Cc1ccccc1-c1cnc(CO)[nH]1. The van der Waals surface area contributed by atoms with Gasteiger partial charge in [0.25, 0.3) is 0 Å². The number of aryl methyl sites for hydroxylation is 1. The Morgan fingerprint density at radius 2 is 2.14 bits per heavy atom. The summed E-state index contributed by atoms with van der Waals surface area (Å²) in [7, 11) is 0. The molecule has 0 bridgehead atoms. The smallest absolute Gasteiger partial charge is 0.132 e. The van der Waals surface area contributed by atoms with Crippen molar-refractivity contribution in [1.29, 1.82) is 0 Å². The lowest BCUT2D eigenvalue weighted by Crippen LogP contribution is -1.86. The monoisotopic (exact) mass is 188 g/mol. The number of aromatic amines is 1. The van der Waals surface area contributed by atoms with Crippen LogP contribution in [-0.2, 0) is 6.61 Å². The predicted molar refractivity (Wildman–Crippen MR) is 54.7 cm³/mol. The highest BCUT2D eigenvalue weighted by molar-refractivity contribution is 5.62. The average Bonchev–Trinajstić information content (AvgIpc) is 2.67. The molecule has 3 nitrogen and oxygen atoms in total. The fourth-order valence-corrected chi connectivity index (χ4v) is 1.45. The van der Waals surface area contributed by atoms with E-state index < -0.39 is 0 Å². The lowest BCUT2D eigenvalue weighted by atomic mass is 10.1. The molecule has 0 aliphatic heterocycles. The van der Waals surface area contributed by atoms with Gasteiger partial charge in [0.1, 0.15) is 12.4 Å². The Balaban J connectivity index is 2.44. The molecule has 0 amide bonds. The molecule has 1 aromatic heterocycles. The van der Waals surface area contributed by atoms with E-state index in [1.165, 1.54) is 5.56 Å².